The first-order valence-corrected chi connectivity index (χ1v) is 8.42. The molecule has 0 aliphatic carbocycles. The van der Waals surface area contributed by atoms with Gasteiger partial charge in [0, 0.05) is 5.69 Å². The van der Waals surface area contributed by atoms with Crippen LogP contribution in [0.2, 0.25) is 0 Å². The van der Waals surface area contributed by atoms with Crippen molar-refractivity contribution in [1.29, 1.82) is 0 Å². The number of hydrogen-bond acceptors (Lipinski definition) is 4. The van der Waals surface area contributed by atoms with Crippen LogP contribution >= 0.6 is 0 Å². The summed E-state index contributed by atoms with van der Waals surface area (Å²) in [7, 11) is -3.79. The number of carbonyl (C=O) groups excluding carboxylic acids is 1. The Morgan fingerprint density at radius 3 is 2.39 bits per heavy atom. The highest BCUT2D eigenvalue weighted by molar-refractivity contribution is 7.89. The summed E-state index contributed by atoms with van der Waals surface area (Å²) in [5, 5.41) is 2.64. The second-order valence-electron chi connectivity index (χ2n) is 5.04. The normalized spacial score (nSPS) is 11.2. The molecule has 0 unspecified atom stereocenters. The van der Waals surface area contributed by atoms with Crippen LogP contribution in [-0.2, 0) is 19.7 Å². The van der Waals surface area contributed by atoms with Crippen molar-refractivity contribution in [2.24, 2.45) is 0 Å². The number of amides is 1. The molecule has 7 heteroatoms. The standard InChI is InChI=1S/C16H18N2O4S/c1-12-8-9-14(10-13(12)2)17-16(19)11-22-18-23(20,21)15-6-4-3-5-7-15/h3-10,18H,11H2,1-2H3,(H,17,19). The molecule has 0 bridgehead atoms. The van der Waals surface area contributed by atoms with Crippen molar-refractivity contribution in [3.8, 4) is 0 Å². The number of anilines is 1. The summed E-state index contributed by atoms with van der Waals surface area (Å²) in [4.78, 5) is 18.5. The molecule has 2 rings (SSSR count). The maximum Gasteiger partial charge on any atom is 0.262 e. The van der Waals surface area contributed by atoms with Gasteiger partial charge in [-0.15, -0.1) is 0 Å². The first-order valence-electron chi connectivity index (χ1n) is 6.94. The van der Waals surface area contributed by atoms with E-state index in [1.807, 2.05) is 30.9 Å². The molecule has 0 aliphatic rings. The zero-order valence-electron chi connectivity index (χ0n) is 12.9. The fourth-order valence-electron chi connectivity index (χ4n) is 1.84. The van der Waals surface area contributed by atoms with Gasteiger partial charge in [0.2, 0.25) is 0 Å². The molecule has 2 aromatic rings. The van der Waals surface area contributed by atoms with Crippen molar-refractivity contribution in [3.05, 3.63) is 59.7 Å². The fraction of sp³-hybridized carbons (Fsp3) is 0.188. The number of sulfonamides is 1. The average Bonchev–Trinajstić information content (AvgIpc) is 2.52. The van der Waals surface area contributed by atoms with Gasteiger partial charge in [0.15, 0.2) is 0 Å². The quantitative estimate of drug-likeness (QED) is 0.793. The molecule has 0 saturated carbocycles. The molecule has 2 N–H and O–H groups in total. The lowest BCUT2D eigenvalue weighted by molar-refractivity contribution is -0.121. The van der Waals surface area contributed by atoms with Gasteiger partial charge < -0.3 is 5.32 Å². The van der Waals surface area contributed by atoms with Gasteiger partial charge in [0.05, 0.1) is 4.90 Å². The third-order valence-corrected chi connectivity index (χ3v) is 4.45. The van der Waals surface area contributed by atoms with Gasteiger partial charge in [0.1, 0.15) is 6.61 Å². The molecule has 2 aromatic carbocycles. The summed E-state index contributed by atoms with van der Waals surface area (Å²) in [6, 6.07) is 13.3. The number of aryl methyl sites for hydroxylation is 2. The molecule has 1 amide bonds. The van der Waals surface area contributed by atoms with Gasteiger partial charge in [-0.25, -0.2) is 8.42 Å². The molecule has 0 aromatic heterocycles. The highest BCUT2D eigenvalue weighted by Crippen LogP contribution is 2.14. The first kappa shape index (κ1) is 17.1. The number of carbonyl (C=O) groups is 1. The van der Waals surface area contributed by atoms with E-state index < -0.39 is 22.5 Å². The first-order chi connectivity index (χ1) is 10.9. The molecule has 0 aliphatic heterocycles. The zero-order valence-corrected chi connectivity index (χ0v) is 13.7. The summed E-state index contributed by atoms with van der Waals surface area (Å²) in [6.07, 6.45) is 0. The molecule has 0 fully saturated rings. The molecular formula is C16H18N2O4S. The van der Waals surface area contributed by atoms with Crippen molar-refractivity contribution >= 4 is 21.6 Å². The second kappa shape index (κ2) is 7.36. The topological polar surface area (TPSA) is 84.5 Å². The fourth-order valence-corrected chi connectivity index (χ4v) is 2.66. The van der Waals surface area contributed by atoms with E-state index in [-0.39, 0.29) is 4.90 Å². The van der Waals surface area contributed by atoms with Crippen LogP contribution in [-0.4, -0.2) is 20.9 Å². The molecule has 0 saturated heterocycles. The average molecular weight is 334 g/mol. The SMILES string of the molecule is Cc1ccc(NC(=O)CONS(=O)(=O)c2ccccc2)cc1C. The number of hydrogen-bond donors (Lipinski definition) is 2. The summed E-state index contributed by atoms with van der Waals surface area (Å²) in [5.74, 6) is -0.455. The minimum atomic E-state index is -3.79. The van der Waals surface area contributed by atoms with Crippen molar-refractivity contribution in [2.45, 2.75) is 18.7 Å². The van der Waals surface area contributed by atoms with Gasteiger partial charge in [-0.3, -0.25) is 9.63 Å². The lowest BCUT2D eigenvalue weighted by Gasteiger charge is -2.09. The van der Waals surface area contributed by atoms with E-state index in [0.717, 1.165) is 11.1 Å². The highest BCUT2D eigenvalue weighted by atomic mass is 32.2. The number of benzene rings is 2. The Bertz CT molecular complexity index is 789. The van der Waals surface area contributed by atoms with E-state index in [0.29, 0.717) is 5.69 Å². The Hall–Kier alpha value is -2.22. The van der Waals surface area contributed by atoms with E-state index in [1.54, 1.807) is 24.3 Å². The lowest BCUT2D eigenvalue weighted by atomic mass is 10.1. The van der Waals surface area contributed by atoms with Crippen molar-refractivity contribution < 1.29 is 18.0 Å². The monoisotopic (exact) mass is 334 g/mol. The minimum Gasteiger partial charge on any atom is -0.324 e. The Labute approximate surface area is 135 Å². The number of rotatable bonds is 6. The van der Waals surface area contributed by atoms with Crippen molar-refractivity contribution in [3.63, 3.8) is 0 Å². The van der Waals surface area contributed by atoms with Gasteiger partial charge in [0.25, 0.3) is 15.9 Å². The van der Waals surface area contributed by atoms with E-state index >= 15 is 0 Å². The summed E-state index contributed by atoms with van der Waals surface area (Å²) < 4.78 is 23.8. The maximum atomic E-state index is 11.9. The predicted molar refractivity (Wildman–Crippen MR) is 87.3 cm³/mol. The molecule has 122 valence electrons. The van der Waals surface area contributed by atoms with Crippen molar-refractivity contribution in [1.82, 2.24) is 4.89 Å². The Morgan fingerprint density at radius 2 is 1.74 bits per heavy atom. The van der Waals surface area contributed by atoms with Gasteiger partial charge >= 0.3 is 0 Å². The van der Waals surface area contributed by atoms with E-state index in [9.17, 15) is 13.2 Å². The van der Waals surface area contributed by atoms with Crippen LogP contribution in [0.4, 0.5) is 5.69 Å². The molecule has 6 nitrogen and oxygen atoms in total. The Morgan fingerprint density at radius 1 is 1.04 bits per heavy atom. The molecular weight excluding hydrogens is 316 g/mol. The van der Waals surface area contributed by atoms with Crippen LogP contribution in [0.25, 0.3) is 0 Å². The second-order valence-corrected chi connectivity index (χ2v) is 6.68. The molecule has 0 radical (unpaired) electrons. The van der Waals surface area contributed by atoms with E-state index in [2.05, 4.69) is 5.32 Å². The third kappa shape index (κ3) is 4.88. The van der Waals surface area contributed by atoms with Crippen LogP contribution in [0.15, 0.2) is 53.4 Å². The predicted octanol–water partition coefficient (Wildman–Crippen LogP) is 2.15. The maximum absolute atomic E-state index is 11.9. The zero-order chi connectivity index (χ0) is 16.9. The molecule has 0 heterocycles. The summed E-state index contributed by atoms with van der Waals surface area (Å²) in [6.45, 7) is 3.48. The molecule has 0 atom stereocenters. The van der Waals surface area contributed by atoms with Gasteiger partial charge in [-0.2, -0.15) is 0 Å². The Kier molecular flexibility index (Phi) is 5.49. The Balaban J connectivity index is 1.86. The minimum absolute atomic E-state index is 0.0644. The van der Waals surface area contributed by atoms with E-state index in [1.165, 1.54) is 12.1 Å². The van der Waals surface area contributed by atoms with Gasteiger partial charge in [-0.05, 0) is 49.2 Å². The van der Waals surface area contributed by atoms with Crippen LogP contribution < -0.4 is 10.2 Å². The molecule has 0 spiro atoms. The van der Waals surface area contributed by atoms with Crippen LogP contribution in [0.3, 0.4) is 0 Å². The van der Waals surface area contributed by atoms with Crippen LogP contribution in [0, 0.1) is 13.8 Å². The summed E-state index contributed by atoms with van der Waals surface area (Å²) >= 11 is 0. The number of nitrogens with one attached hydrogen (secondary N) is 2. The van der Waals surface area contributed by atoms with Crippen LogP contribution in [0.5, 0.6) is 0 Å². The smallest absolute Gasteiger partial charge is 0.262 e. The third-order valence-electron chi connectivity index (χ3n) is 3.22. The lowest BCUT2D eigenvalue weighted by Crippen LogP contribution is -2.29. The van der Waals surface area contributed by atoms with Crippen LogP contribution in [0.1, 0.15) is 11.1 Å². The van der Waals surface area contributed by atoms with Gasteiger partial charge in [-0.1, -0.05) is 29.2 Å². The summed E-state index contributed by atoms with van der Waals surface area (Å²) in [5.41, 5.74) is 2.80. The van der Waals surface area contributed by atoms with E-state index in [4.69, 9.17) is 4.84 Å². The molecule has 23 heavy (non-hydrogen) atoms. The highest BCUT2D eigenvalue weighted by Gasteiger charge is 2.14. The van der Waals surface area contributed by atoms with Crippen molar-refractivity contribution in [2.75, 3.05) is 11.9 Å². The largest absolute Gasteiger partial charge is 0.324 e.